The molecule has 0 radical (unpaired) electrons. The van der Waals surface area contributed by atoms with Crippen LogP contribution in [0, 0.1) is 5.41 Å². The lowest BCUT2D eigenvalue weighted by Crippen LogP contribution is -2.40. The zero-order valence-corrected chi connectivity index (χ0v) is 6.68. The predicted octanol–water partition coefficient (Wildman–Crippen LogP) is 1.27. The van der Waals surface area contributed by atoms with Crippen molar-refractivity contribution in [3.63, 3.8) is 0 Å². The molecule has 1 N–H and O–H groups in total. The fourth-order valence-electron chi connectivity index (χ4n) is 2.46. The summed E-state index contributed by atoms with van der Waals surface area (Å²) in [4.78, 5) is 11.1. The first-order valence-electron chi connectivity index (χ1n) is 4.40. The zero-order chi connectivity index (χ0) is 7.90. The summed E-state index contributed by atoms with van der Waals surface area (Å²) in [5.41, 5.74) is 0.245. The van der Waals surface area contributed by atoms with Gasteiger partial charge in [0.05, 0.1) is 6.10 Å². The van der Waals surface area contributed by atoms with Gasteiger partial charge < -0.3 is 5.11 Å². The molecule has 0 heterocycles. The molecule has 0 amide bonds. The normalized spacial score (nSPS) is 35.4. The average molecular weight is 154 g/mol. The van der Waals surface area contributed by atoms with Crippen LogP contribution in [-0.2, 0) is 4.79 Å². The number of Topliss-reactive ketones (excluding diaryl/α,β-unsaturated/α-hetero) is 1. The van der Waals surface area contributed by atoms with Gasteiger partial charge in [0, 0.05) is 12.8 Å². The third-order valence-electron chi connectivity index (χ3n) is 3.12. The van der Waals surface area contributed by atoms with Crippen LogP contribution in [0.4, 0.5) is 0 Å². The number of ketones is 1. The molecule has 2 saturated carbocycles. The Hall–Kier alpha value is -0.370. The second kappa shape index (κ2) is 2.31. The molecule has 0 aromatic carbocycles. The van der Waals surface area contributed by atoms with E-state index in [0.29, 0.717) is 6.42 Å². The van der Waals surface area contributed by atoms with E-state index >= 15 is 0 Å². The first-order chi connectivity index (χ1) is 5.20. The highest BCUT2D eigenvalue weighted by Gasteiger charge is 2.43. The Morgan fingerprint density at radius 2 is 2.18 bits per heavy atom. The zero-order valence-electron chi connectivity index (χ0n) is 6.68. The SMILES string of the molecule is O=C1CC(O)CC2(CCC2)C1. The summed E-state index contributed by atoms with van der Waals surface area (Å²) in [6, 6.07) is 0. The lowest BCUT2D eigenvalue weighted by molar-refractivity contribution is -0.131. The second-order valence-electron chi connectivity index (χ2n) is 4.13. The monoisotopic (exact) mass is 154 g/mol. The van der Waals surface area contributed by atoms with E-state index in [1.54, 1.807) is 0 Å². The average Bonchev–Trinajstić information content (AvgIpc) is 1.82. The van der Waals surface area contributed by atoms with Gasteiger partial charge >= 0.3 is 0 Å². The maximum Gasteiger partial charge on any atom is 0.136 e. The molecular formula is C9H14O2. The molecule has 1 unspecified atom stereocenters. The van der Waals surface area contributed by atoms with Crippen molar-refractivity contribution in [2.24, 2.45) is 5.41 Å². The van der Waals surface area contributed by atoms with E-state index in [1.807, 2.05) is 0 Å². The topological polar surface area (TPSA) is 37.3 Å². The molecule has 2 aliphatic rings. The summed E-state index contributed by atoms with van der Waals surface area (Å²) >= 11 is 0. The maximum absolute atomic E-state index is 11.1. The molecule has 2 heteroatoms. The van der Waals surface area contributed by atoms with Gasteiger partial charge in [-0.2, -0.15) is 0 Å². The van der Waals surface area contributed by atoms with Crippen LogP contribution in [0.1, 0.15) is 38.5 Å². The number of carbonyl (C=O) groups excluding carboxylic acids is 1. The Balaban J connectivity index is 2.06. The Bertz CT molecular complexity index is 182. The molecule has 0 aliphatic heterocycles. The number of aliphatic hydroxyl groups is 1. The lowest BCUT2D eigenvalue weighted by atomic mass is 9.60. The highest BCUT2D eigenvalue weighted by molar-refractivity contribution is 5.80. The van der Waals surface area contributed by atoms with E-state index in [9.17, 15) is 9.90 Å². The predicted molar refractivity (Wildman–Crippen MR) is 41.1 cm³/mol. The Morgan fingerprint density at radius 1 is 1.45 bits per heavy atom. The third-order valence-corrected chi connectivity index (χ3v) is 3.12. The van der Waals surface area contributed by atoms with E-state index in [4.69, 9.17) is 0 Å². The summed E-state index contributed by atoms with van der Waals surface area (Å²) in [6.45, 7) is 0. The number of hydrogen-bond acceptors (Lipinski definition) is 2. The van der Waals surface area contributed by atoms with E-state index in [-0.39, 0.29) is 17.3 Å². The van der Waals surface area contributed by atoms with E-state index < -0.39 is 0 Å². The highest BCUT2D eigenvalue weighted by atomic mass is 16.3. The van der Waals surface area contributed by atoms with Gasteiger partial charge in [-0.1, -0.05) is 6.42 Å². The van der Waals surface area contributed by atoms with Gasteiger partial charge in [-0.25, -0.2) is 0 Å². The Morgan fingerprint density at radius 3 is 2.64 bits per heavy atom. The summed E-state index contributed by atoms with van der Waals surface area (Å²) in [5.74, 6) is 0.267. The van der Waals surface area contributed by atoms with Crippen LogP contribution in [0.2, 0.25) is 0 Å². The molecule has 2 rings (SSSR count). The second-order valence-corrected chi connectivity index (χ2v) is 4.13. The number of rotatable bonds is 0. The molecule has 62 valence electrons. The first kappa shape index (κ1) is 7.29. The Labute approximate surface area is 66.6 Å². The van der Waals surface area contributed by atoms with Crippen LogP contribution < -0.4 is 0 Å². The van der Waals surface area contributed by atoms with Gasteiger partial charge in [-0.15, -0.1) is 0 Å². The van der Waals surface area contributed by atoms with E-state index in [1.165, 1.54) is 6.42 Å². The maximum atomic E-state index is 11.1. The highest BCUT2D eigenvalue weighted by Crippen LogP contribution is 2.50. The smallest absolute Gasteiger partial charge is 0.136 e. The van der Waals surface area contributed by atoms with Crippen molar-refractivity contribution in [3.05, 3.63) is 0 Å². The van der Waals surface area contributed by atoms with Gasteiger partial charge in [0.2, 0.25) is 0 Å². The molecule has 1 atom stereocenters. The molecule has 2 nitrogen and oxygen atoms in total. The largest absolute Gasteiger partial charge is 0.393 e. The molecule has 2 aliphatic carbocycles. The summed E-state index contributed by atoms with van der Waals surface area (Å²) < 4.78 is 0. The minimum absolute atomic E-state index is 0.245. The van der Waals surface area contributed by atoms with Crippen molar-refractivity contribution in [1.29, 1.82) is 0 Å². The van der Waals surface area contributed by atoms with Crippen LogP contribution in [0.5, 0.6) is 0 Å². The molecule has 2 fully saturated rings. The molecule has 1 spiro atoms. The fourth-order valence-corrected chi connectivity index (χ4v) is 2.46. The van der Waals surface area contributed by atoms with Crippen molar-refractivity contribution >= 4 is 5.78 Å². The molecular weight excluding hydrogens is 140 g/mol. The van der Waals surface area contributed by atoms with Gasteiger partial charge in [0.1, 0.15) is 5.78 Å². The van der Waals surface area contributed by atoms with Gasteiger partial charge in [-0.05, 0) is 24.7 Å². The minimum atomic E-state index is -0.337. The molecule has 0 aromatic rings. The van der Waals surface area contributed by atoms with E-state index in [2.05, 4.69) is 0 Å². The minimum Gasteiger partial charge on any atom is -0.393 e. The summed E-state index contributed by atoms with van der Waals surface area (Å²) in [7, 11) is 0. The van der Waals surface area contributed by atoms with Crippen molar-refractivity contribution < 1.29 is 9.90 Å². The first-order valence-corrected chi connectivity index (χ1v) is 4.40. The Kier molecular flexibility index (Phi) is 1.53. The molecule has 0 saturated heterocycles. The van der Waals surface area contributed by atoms with Gasteiger partial charge in [-0.3, -0.25) is 4.79 Å². The molecule has 0 aromatic heterocycles. The van der Waals surface area contributed by atoms with Crippen LogP contribution in [-0.4, -0.2) is 17.0 Å². The standard InChI is InChI=1S/C9H14O2/c10-7-4-8(11)6-9(5-7)2-1-3-9/h7,10H,1-6H2. The number of carbonyl (C=O) groups is 1. The quantitative estimate of drug-likeness (QED) is 0.570. The molecule has 0 bridgehead atoms. The van der Waals surface area contributed by atoms with E-state index in [0.717, 1.165) is 25.7 Å². The van der Waals surface area contributed by atoms with Crippen LogP contribution in [0.25, 0.3) is 0 Å². The van der Waals surface area contributed by atoms with Crippen molar-refractivity contribution in [2.75, 3.05) is 0 Å². The molecule has 11 heavy (non-hydrogen) atoms. The lowest BCUT2D eigenvalue weighted by Gasteiger charge is -2.45. The van der Waals surface area contributed by atoms with Crippen molar-refractivity contribution in [1.82, 2.24) is 0 Å². The summed E-state index contributed by atoms with van der Waals surface area (Å²) in [6.07, 6.45) is 5.26. The van der Waals surface area contributed by atoms with Crippen molar-refractivity contribution in [2.45, 2.75) is 44.6 Å². The van der Waals surface area contributed by atoms with Crippen LogP contribution >= 0.6 is 0 Å². The van der Waals surface area contributed by atoms with Gasteiger partial charge in [0.15, 0.2) is 0 Å². The van der Waals surface area contributed by atoms with Crippen LogP contribution in [0.3, 0.4) is 0 Å². The van der Waals surface area contributed by atoms with Crippen molar-refractivity contribution in [3.8, 4) is 0 Å². The summed E-state index contributed by atoms with van der Waals surface area (Å²) in [5, 5.41) is 9.36. The number of aliphatic hydroxyl groups excluding tert-OH is 1. The van der Waals surface area contributed by atoms with Gasteiger partial charge in [0.25, 0.3) is 0 Å². The number of hydrogen-bond donors (Lipinski definition) is 1. The van der Waals surface area contributed by atoms with Crippen LogP contribution in [0.15, 0.2) is 0 Å². The fraction of sp³-hybridized carbons (Fsp3) is 0.889. The third kappa shape index (κ3) is 1.20.